The van der Waals surface area contributed by atoms with Crippen molar-refractivity contribution in [2.24, 2.45) is 0 Å². The molecule has 2 aromatic heterocycles. The minimum Gasteiger partial charge on any atom is -0.490 e. The Kier molecular flexibility index (Phi) is 3.43. The highest BCUT2D eigenvalue weighted by molar-refractivity contribution is 7.21. The number of aliphatic hydroxyl groups excluding tert-OH is 1. The number of fused-ring (bicyclic) bond motifs is 3. The molecular formula is C14H15NO2S2. The predicted molar refractivity (Wildman–Crippen MR) is 81.5 cm³/mol. The molecule has 0 aliphatic carbocycles. The quantitative estimate of drug-likeness (QED) is 0.791. The molecule has 0 saturated carbocycles. The molecule has 2 heterocycles. The lowest BCUT2D eigenvalue weighted by atomic mass is 10.2. The molecule has 0 bridgehead atoms. The van der Waals surface area contributed by atoms with Crippen LogP contribution in [-0.4, -0.2) is 22.8 Å². The molecule has 5 heteroatoms. The van der Waals surface area contributed by atoms with Crippen molar-refractivity contribution in [1.82, 2.24) is 4.98 Å². The average Bonchev–Trinajstić information content (AvgIpc) is 3.00. The first-order valence-electron chi connectivity index (χ1n) is 6.27. The van der Waals surface area contributed by atoms with Crippen LogP contribution in [-0.2, 0) is 0 Å². The molecule has 0 aliphatic rings. The summed E-state index contributed by atoms with van der Waals surface area (Å²) < 4.78 is 8.10. The zero-order chi connectivity index (χ0) is 13.4. The van der Waals surface area contributed by atoms with Gasteiger partial charge < -0.3 is 9.84 Å². The first kappa shape index (κ1) is 12.8. The molecule has 1 aromatic carbocycles. The van der Waals surface area contributed by atoms with Gasteiger partial charge in [-0.25, -0.2) is 4.98 Å². The number of aliphatic hydroxyl groups is 1. The van der Waals surface area contributed by atoms with Crippen LogP contribution < -0.4 is 4.74 Å². The fourth-order valence-electron chi connectivity index (χ4n) is 2.01. The van der Waals surface area contributed by atoms with Gasteiger partial charge in [0.05, 0.1) is 26.0 Å². The number of aryl methyl sites for hydroxylation is 1. The number of hydrogen-bond acceptors (Lipinski definition) is 5. The van der Waals surface area contributed by atoms with Crippen molar-refractivity contribution in [3.63, 3.8) is 0 Å². The van der Waals surface area contributed by atoms with E-state index in [0.717, 1.165) is 26.4 Å². The van der Waals surface area contributed by atoms with E-state index in [2.05, 4.69) is 16.4 Å². The summed E-state index contributed by atoms with van der Waals surface area (Å²) in [4.78, 5) is 4.59. The molecule has 100 valence electrons. The third kappa shape index (κ3) is 2.33. The number of rotatable bonds is 4. The molecule has 0 amide bonds. The van der Waals surface area contributed by atoms with Gasteiger partial charge in [0, 0.05) is 11.5 Å². The van der Waals surface area contributed by atoms with Gasteiger partial charge in [0.1, 0.15) is 12.4 Å². The third-order valence-electron chi connectivity index (χ3n) is 3.07. The van der Waals surface area contributed by atoms with Gasteiger partial charge in [-0.05, 0) is 24.8 Å². The second-order valence-electron chi connectivity index (χ2n) is 4.49. The summed E-state index contributed by atoms with van der Waals surface area (Å²) in [5, 5.41) is 13.8. The molecule has 1 unspecified atom stereocenters. The second kappa shape index (κ2) is 5.07. The normalized spacial score (nSPS) is 13.2. The Morgan fingerprint density at radius 3 is 3.11 bits per heavy atom. The molecule has 3 rings (SSSR count). The van der Waals surface area contributed by atoms with E-state index in [9.17, 15) is 5.11 Å². The number of thiophene rings is 1. The van der Waals surface area contributed by atoms with E-state index in [1.165, 1.54) is 4.70 Å². The van der Waals surface area contributed by atoms with E-state index in [1.807, 2.05) is 19.9 Å². The largest absolute Gasteiger partial charge is 0.490 e. The highest BCUT2D eigenvalue weighted by atomic mass is 32.1. The van der Waals surface area contributed by atoms with Crippen molar-refractivity contribution >= 4 is 43.0 Å². The molecule has 0 spiro atoms. The molecule has 19 heavy (non-hydrogen) atoms. The summed E-state index contributed by atoms with van der Waals surface area (Å²) >= 11 is 3.36. The van der Waals surface area contributed by atoms with Crippen LogP contribution in [0.15, 0.2) is 17.5 Å². The molecule has 1 N–H and O–H groups in total. The molecule has 0 fully saturated rings. The van der Waals surface area contributed by atoms with E-state index in [4.69, 9.17) is 4.74 Å². The van der Waals surface area contributed by atoms with Crippen molar-refractivity contribution in [2.75, 3.05) is 6.61 Å². The first-order valence-corrected chi connectivity index (χ1v) is 7.97. The number of hydrogen-bond donors (Lipinski definition) is 1. The van der Waals surface area contributed by atoms with Crippen molar-refractivity contribution < 1.29 is 9.84 Å². The van der Waals surface area contributed by atoms with Gasteiger partial charge in [0.15, 0.2) is 0 Å². The van der Waals surface area contributed by atoms with Crippen molar-refractivity contribution in [2.45, 2.75) is 26.4 Å². The van der Waals surface area contributed by atoms with E-state index >= 15 is 0 Å². The summed E-state index contributed by atoms with van der Waals surface area (Å²) in [6.07, 6.45) is 0.293. The Balaban J connectivity index is 2.08. The highest BCUT2D eigenvalue weighted by Crippen LogP contribution is 2.38. The molecule has 0 radical (unpaired) electrons. The zero-order valence-corrected chi connectivity index (χ0v) is 12.5. The maximum Gasteiger partial charge on any atom is 0.129 e. The Labute approximate surface area is 119 Å². The van der Waals surface area contributed by atoms with Crippen molar-refractivity contribution in [3.8, 4) is 5.75 Å². The van der Waals surface area contributed by atoms with Crippen LogP contribution in [0, 0.1) is 6.92 Å². The third-order valence-corrected chi connectivity index (χ3v) is 4.91. The highest BCUT2D eigenvalue weighted by Gasteiger charge is 2.13. The lowest BCUT2D eigenvalue weighted by molar-refractivity contribution is 0.105. The van der Waals surface area contributed by atoms with Crippen molar-refractivity contribution in [1.29, 1.82) is 0 Å². The molecule has 0 aliphatic heterocycles. The van der Waals surface area contributed by atoms with E-state index in [1.54, 1.807) is 22.7 Å². The topological polar surface area (TPSA) is 42.4 Å². The van der Waals surface area contributed by atoms with E-state index < -0.39 is 6.10 Å². The summed E-state index contributed by atoms with van der Waals surface area (Å²) in [5.41, 5.74) is 1.07. The predicted octanol–water partition coefficient (Wildman–Crippen LogP) is 3.97. The van der Waals surface area contributed by atoms with E-state index in [0.29, 0.717) is 13.0 Å². The van der Waals surface area contributed by atoms with Crippen LogP contribution >= 0.6 is 22.7 Å². The molecule has 1 atom stereocenters. The minimum atomic E-state index is -0.410. The summed E-state index contributed by atoms with van der Waals surface area (Å²) in [7, 11) is 0. The molecule has 3 nitrogen and oxygen atoms in total. The van der Waals surface area contributed by atoms with Gasteiger partial charge in [0.25, 0.3) is 0 Å². The van der Waals surface area contributed by atoms with Crippen LogP contribution in [0.2, 0.25) is 0 Å². The summed E-state index contributed by atoms with van der Waals surface area (Å²) in [5.74, 6) is 0.847. The maximum atomic E-state index is 9.63. The Bertz CT molecular complexity index is 717. The molecule has 0 saturated heterocycles. The lowest BCUT2D eigenvalue weighted by Crippen LogP contribution is -2.16. The number of aromatic nitrogens is 1. The number of benzene rings is 1. The van der Waals surface area contributed by atoms with Gasteiger partial charge in [-0.3, -0.25) is 0 Å². The van der Waals surface area contributed by atoms with Crippen LogP contribution in [0.1, 0.15) is 18.4 Å². The van der Waals surface area contributed by atoms with Crippen molar-refractivity contribution in [3.05, 3.63) is 22.5 Å². The average molecular weight is 293 g/mol. The monoisotopic (exact) mass is 293 g/mol. The van der Waals surface area contributed by atoms with Gasteiger partial charge >= 0.3 is 0 Å². The first-order chi connectivity index (χ1) is 9.19. The van der Waals surface area contributed by atoms with Crippen LogP contribution in [0.3, 0.4) is 0 Å². The lowest BCUT2D eigenvalue weighted by Gasteiger charge is -2.11. The summed E-state index contributed by atoms with van der Waals surface area (Å²) in [6.45, 7) is 4.31. The standard InChI is InChI=1S/C14H15NO2S2/c1-3-9(16)7-17-11-6-12-13(15-8(2)19-12)14-10(11)4-5-18-14/h4-6,9,16H,3,7H2,1-2H3. The fraction of sp³-hybridized carbons (Fsp3) is 0.357. The van der Waals surface area contributed by atoms with Gasteiger partial charge in [-0.2, -0.15) is 0 Å². The van der Waals surface area contributed by atoms with Gasteiger partial charge in [-0.15, -0.1) is 22.7 Å². The van der Waals surface area contributed by atoms with E-state index in [-0.39, 0.29) is 0 Å². The molecule has 3 aromatic rings. The van der Waals surface area contributed by atoms with Gasteiger partial charge in [-0.1, -0.05) is 6.92 Å². The fourth-order valence-corrected chi connectivity index (χ4v) is 3.84. The second-order valence-corrected chi connectivity index (χ2v) is 6.64. The van der Waals surface area contributed by atoms with Crippen LogP contribution in [0.4, 0.5) is 0 Å². The zero-order valence-electron chi connectivity index (χ0n) is 10.8. The number of nitrogens with zero attached hydrogens (tertiary/aromatic N) is 1. The Morgan fingerprint density at radius 1 is 1.47 bits per heavy atom. The number of thiazole rings is 1. The SMILES string of the molecule is CCC(O)COc1cc2sc(C)nc2c2sccc12. The smallest absolute Gasteiger partial charge is 0.129 e. The van der Waals surface area contributed by atoms with Gasteiger partial charge in [0.2, 0.25) is 0 Å². The maximum absolute atomic E-state index is 9.63. The number of ether oxygens (including phenoxy) is 1. The Morgan fingerprint density at radius 2 is 2.32 bits per heavy atom. The van der Waals surface area contributed by atoms with Crippen LogP contribution in [0.5, 0.6) is 5.75 Å². The molecular weight excluding hydrogens is 278 g/mol. The van der Waals surface area contributed by atoms with Crippen LogP contribution in [0.25, 0.3) is 20.3 Å². The summed E-state index contributed by atoms with van der Waals surface area (Å²) in [6, 6.07) is 4.10. The Hall–Kier alpha value is -1.17. The minimum absolute atomic E-state index is 0.338.